The molecule has 31 heavy (non-hydrogen) atoms. The van der Waals surface area contributed by atoms with Crippen molar-refractivity contribution in [3.8, 4) is 5.75 Å². The van der Waals surface area contributed by atoms with Crippen LogP contribution in [0.1, 0.15) is 43.7 Å². The summed E-state index contributed by atoms with van der Waals surface area (Å²) >= 11 is 0. The van der Waals surface area contributed by atoms with Gasteiger partial charge in [-0.1, -0.05) is 32.1 Å². The Morgan fingerprint density at radius 1 is 1.19 bits per heavy atom. The molecule has 2 atom stereocenters. The maximum Gasteiger partial charge on any atom is 0.262 e. The normalized spacial score (nSPS) is 19.7. The minimum atomic E-state index is -3.89. The van der Waals surface area contributed by atoms with Gasteiger partial charge in [0.25, 0.3) is 10.0 Å². The van der Waals surface area contributed by atoms with Crippen LogP contribution >= 0.6 is 0 Å². The second-order valence-corrected chi connectivity index (χ2v) is 9.82. The first-order valence-corrected chi connectivity index (χ1v) is 12.4. The molecule has 2 aliphatic rings. The minimum Gasteiger partial charge on any atom is -0.493 e. The molecule has 1 fully saturated rings. The first-order valence-electron chi connectivity index (χ1n) is 10.9. The summed E-state index contributed by atoms with van der Waals surface area (Å²) in [5.41, 5.74) is 1.93. The van der Waals surface area contributed by atoms with E-state index in [0.717, 1.165) is 43.8 Å². The van der Waals surface area contributed by atoms with Gasteiger partial charge in [0, 0.05) is 18.5 Å². The number of benzene rings is 2. The van der Waals surface area contributed by atoms with Crippen LogP contribution in [0.2, 0.25) is 0 Å². The van der Waals surface area contributed by atoms with Crippen molar-refractivity contribution < 1.29 is 17.5 Å². The van der Waals surface area contributed by atoms with Gasteiger partial charge in [-0.25, -0.2) is 12.8 Å². The predicted octanol–water partition coefficient (Wildman–Crippen LogP) is 4.87. The summed E-state index contributed by atoms with van der Waals surface area (Å²) in [6.07, 6.45) is 5.47. The van der Waals surface area contributed by atoms with E-state index in [1.54, 1.807) is 18.2 Å². The highest BCUT2D eigenvalue weighted by Gasteiger charge is 2.43. The summed E-state index contributed by atoms with van der Waals surface area (Å²) in [5.74, 6) is 1.42. The molecule has 2 aromatic carbocycles. The van der Waals surface area contributed by atoms with Gasteiger partial charge in [-0.15, -0.1) is 0 Å². The number of halogens is 1. The molecule has 0 saturated heterocycles. The van der Waals surface area contributed by atoms with E-state index >= 15 is 0 Å². The smallest absolute Gasteiger partial charge is 0.262 e. The fourth-order valence-electron chi connectivity index (χ4n) is 4.15. The van der Waals surface area contributed by atoms with Crippen LogP contribution in [0.25, 0.3) is 6.08 Å². The number of ether oxygens (including phenoxy) is 1. The van der Waals surface area contributed by atoms with E-state index in [0.29, 0.717) is 29.7 Å². The topological polar surface area (TPSA) is 58.6 Å². The van der Waals surface area contributed by atoms with E-state index in [2.05, 4.69) is 23.5 Å². The highest BCUT2D eigenvalue weighted by molar-refractivity contribution is 7.92. The molecule has 1 N–H and O–H groups in total. The zero-order valence-corrected chi connectivity index (χ0v) is 18.8. The van der Waals surface area contributed by atoms with Gasteiger partial charge >= 0.3 is 0 Å². The quantitative estimate of drug-likeness (QED) is 0.600. The van der Waals surface area contributed by atoms with Gasteiger partial charge in [0.15, 0.2) is 0 Å². The lowest BCUT2D eigenvalue weighted by Gasteiger charge is -2.18. The van der Waals surface area contributed by atoms with Crippen molar-refractivity contribution >= 4 is 21.8 Å². The Bertz CT molecular complexity index is 1080. The molecular formula is C24H29FN2O3S. The second-order valence-electron chi connectivity index (χ2n) is 8.17. The van der Waals surface area contributed by atoms with Crippen LogP contribution in [0.3, 0.4) is 0 Å². The zero-order chi connectivity index (χ0) is 22.0. The third kappa shape index (κ3) is 4.93. The molecule has 2 aromatic rings. The largest absolute Gasteiger partial charge is 0.493 e. The molecule has 5 nitrogen and oxygen atoms in total. The van der Waals surface area contributed by atoms with Crippen molar-refractivity contribution in [2.75, 3.05) is 31.0 Å². The van der Waals surface area contributed by atoms with Crippen LogP contribution in [0.4, 0.5) is 10.1 Å². The van der Waals surface area contributed by atoms with Crippen molar-refractivity contribution in [3.63, 3.8) is 0 Å². The van der Waals surface area contributed by atoms with Crippen molar-refractivity contribution in [1.29, 1.82) is 0 Å². The predicted molar refractivity (Wildman–Crippen MR) is 121 cm³/mol. The molecule has 0 amide bonds. The molecule has 0 bridgehead atoms. The van der Waals surface area contributed by atoms with E-state index in [1.165, 1.54) is 18.2 Å². The molecule has 0 spiro atoms. The van der Waals surface area contributed by atoms with E-state index in [4.69, 9.17) is 4.74 Å². The van der Waals surface area contributed by atoms with Gasteiger partial charge in [-0.3, -0.25) is 4.72 Å². The standard InChI is InChI=1S/C24H29FN2O3S/c1-3-27(4-2)12-6-5-7-17-13-19(25)8-11-24(17)31(28,29)26-20-9-10-21-22-14-18(22)16-30-23(21)15-20/h5,7-11,13,15,18,22,26H,3-4,6,12,14,16H2,1-2H3/b7-5-. The highest BCUT2D eigenvalue weighted by atomic mass is 32.2. The average Bonchev–Trinajstić information content (AvgIpc) is 3.53. The van der Waals surface area contributed by atoms with E-state index in [9.17, 15) is 12.8 Å². The third-order valence-corrected chi connectivity index (χ3v) is 7.56. The first-order chi connectivity index (χ1) is 14.9. The summed E-state index contributed by atoms with van der Waals surface area (Å²) in [6, 6.07) is 9.19. The number of fused-ring (bicyclic) bond motifs is 3. The summed E-state index contributed by atoms with van der Waals surface area (Å²) in [4.78, 5) is 2.32. The number of nitrogens with zero attached hydrogens (tertiary/aromatic N) is 1. The maximum absolute atomic E-state index is 13.9. The van der Waals surface area contributed by atoms with Crippen molar-refractivity contribution in [2.24, 2.45) is 5.92 Å². The Balaban J connectivity index is 1.52. The van der Waals surface area contributed by atoms with Crippen LogP contribution in [0.15, 0.2) is 47.4 Å². The molecule has 166 valence electrons. The van der Waals surface area contributed by atoms with Crippen molar-refractivity contribution in [1.82, 2.24) is 4.90 Å². The van der Waals surface area contributed by atoms with Crippen molar-refractivity contribution in [2.45, 2.75) is 37.5 Å². The lowest BCUT2D eigenvalue weighted by Crippen LogP contribution is -2.23. The highest BCUT2D eigenvalue weighted by Crippen LogP contribution is 2.54. The summed E-state index contributed by atoms with van der Waals surface area (Å²) in [6.45, 7) is 7.68. The fourth-order valence-corrected chi connectivity index (χ4v) is 5.38. The van der Waals surface area contributed by atoms with Crippen LogP contribution in [0.5, 0.6) is 5.75 Å². The summed E-state index contributed by atoms with van der Waals surface area (Å²) in [7, 11) is -3.89. The zero-order valence-electron chi connectivity index (χ0n) is 18.0. The monoisotopic (exact) mass is 444 g/mol. The Labute approximate surface area is 184 Å². The van der Waals surface area contributed by atoms with Crippen LogP contribution in [0, 0.1) is 11.7 Å². The molecule has 0 radical (unpaired) electrons. The van der Waals surface area contributed by atoms with Gasteiger partial charge in [-0.05, 0) is 67.2 Å². The van der Waals surface area contributed by atoms with Gasteiger partial charge < -0.3 is 9.64 Å². The third-order valence-electron chi connectivity index (χ3n) is 6.11. The van der Waals surface area contributed by atoms with Gasteiger partial charge in [0.2, 0.25) is 0 Å². The summed E-state index contributed by atoms with van der Waals surface area (Å²) in [5, 5.41) is 0. The molecule has 0 aromatic heterocycles. The molecular weight excluding hydrogens is 415 g/mol. The summed E-state index contributed by atoms with van der Waals surface area (Å²) < 4.78 is 48.5. The minimum absolute atomic E-state index is 0.0499. The van der Waals surface area contributed by atoms with Crippen LogP contribution in [-0.2, 0) is 10.0 Å². The Hall–Kier alpha value is -2.38. The van der Waals surface area contributed by atoms with Gasteiger partial charge in [-0.2, -0.15) is 0 Å². The van der Waals surface area contributed by atoms with E-state index < -0.39 is 15.8 Å². The fraction of sp³-hybridized carbons (Fsp3) is 0.417. The SMILES string of the molecule is CCN(CC)CC/C=C\c1cc(F)ccc1S(=O)(=O)Nc1ccc2c(c1)OCC1CC21. The van der Waals surface area contributed by atoms with Crippen molar-refractivity contribution in [3.05, 3.63) is 59.4 Å². The number of rotatable bonds is 9. The molecule has 1 aliphatic carbocycles. The average molecular weight is 445 g/mol. The Kier molecular flexibility index (Phi) is 6.34. The van der Waals surface area contributed by atoms with E-state index in [-0.39, 0.29) is 4.90 Å². The molecule has 2 unspecified atom stereocenters. The lowest BCUT2D eigenvalue weighted by molar-refractivity contribution is 0.279. The number of sulfonamides is 1. The van der Waals surface area contributed by atoms with Gasteiger partial charge in [0.1, 0.15) is 11.6 Å². The first kappa shape index (κ1) is 21.8. The number of hydrogen-bond donors (Lipinski definition) is 1. The molecule has 4 rings (SSSR count). The lowest BCUT2D eigenvalue weighted by atomic mass is 10.1. The molecule has 7 heteroatoms. The molecule has 1 saturated carbocycles. The second kappa shape index (κ2) is 9.01. The number of nitrogens with one attached hydrogen (secondary N) is 1. The molecule has 1 heterocycles. The van der Waals surface area contributed by atoms with Gasteiger partial charge in [0.05, 0.1) is 17.2 Å². The Morgan fingerprint density at radius 2 is 2.00 bits per heavy atom. The van der Waals surface area contributed by atoms with Crippen LogP contribution in [-0.4, -0.2) is 39.6 Å². The van der Waals surface area contributed by atoms with E-state index in [1.807, 2.05) is 12.1 Å². The molecule has 1 aliphatic heterocycles. The Morgan fingerprint density at radius 3 is 2.77 bits per heavy atom. The number of anilines is 1. The maximum atomic E-state index is 13.9. The van der Waals surface area contributed by atoms with Crippen LogP contribution < -0.4 is 9.46 Å². The number of hydrogen-bond acceptors (Lipinski definition) is 4.